The second-order valence-corrected chi connectivity index (χ2v) is 3.49. The van der Waals surface area contributed by atoms with Crippen LogP contribution in [0.2, 0.25) is 0 Å². The minimum atomic E-state index is -4.99. The first-order chi connectivity index (χ1) is 8.66. The average Bonchev–Trinajstić information content (AvgIpc) is 2.25. The van der Waals surface area contributed by atoms with Crippen LogP contribution in [0.5, 0.6) is 5.75 Å². The third kappa shape index (κ3) is 3.49. The molecule has 0 aromatic heterocycles. The van der Waals surface area contributed by atoms with Crippen LogP contribution in [0.4, 0.5) is 22.0 Å². The topological polar surface area (TPSA) is 43.4 Å². The van der Waals surface area contributed by atoms with Gasteiger partial charge in [0.15, 0.2) is 12.1 Å². The Hall–Kier alpha value is -1.99. The number of rotatable bonds is 4. The van der Waals surface area contributed by atoms with Crippen LogP contribution in [0.25, 0.3) is 0 Å². The number of aldehydes is 1. The van der Waals surface area contributed by atoms with Gasteiger partial charge in [-0.1, -0.05) is 0 Å². The van der Waals surface area contributed by atoms with Gasteiger partial charge in [0.05, 0.1) is 5.56 Å². The minimum Gasteiger partial charge on any atom is -0.434 e. The van der Waals surface area contributed by atoms with E-state index in [4.69, 9.17) is 0 Å². The summed E-state index contributed by atoms with van der Waals surface area (Å²) in [4.78, 5) is 21.8. The van der Waals surface area contributed by atoms with Crippen LogP contribution in [0.3, 0.4) is 0 Å². The molecule has 0 atom stereocenters. The quantitative estimate of drug-likeness (QED) is 0.483. The Bertz CT molecular complexity index is 508. The van der Waals surface area contributed by atoms with Crippen molar-refractivity contribution in [2.45, 2.75) is 19.7 Å². The van der Waals surface area contributed by atoms with Crippen molar-refractivity contribution in [2.24, 2.45) is 0 Å². The molecule has 8 heteroatoms. The van der Waals surface area contributed by atoms with E-state index in [-0.39, 0.29) is 6.29 Å². The Morgan fingerprint density at radius 3 is 2.26 bits per heavy atom. The number of Topliss-reactive ketones (excluding diaryl/α,β-unsaturated/α-hetero) is 1. The number of carbonyl (C=O) groups excluding carboxylic acids is 2. The lowest BCUT2D eigenvalue weighted by atomic mass is 10.0. The molecule has 1 aromatic carbocycles. The standard InChI is InChI=1S/C11H7F5O3/c1-5(18)7-3-9(19-10(12)13)8(11(14,15)16)2-6(7)4-17/h2-4,10H,1H3. The van der Waals surface area contributed by atoms with E-state index in [2.05, 4.69) is 4.74 Å². The van der Waals surface area contributed by atoms with Gasteiger partial charge < -0.3 is 4.74 Å². The van der Waals surface area contributed by atoms with E-state index >= 15 is 0 Å². The summed E-state index contributed by atoms with van der Waals surface area (Å²) in [6.07, 6.45) is -4.95. The molecule has 0 radical (unpaired) electrons. The van der Waals surface area contributed by atoms with Crippen LogP contribution in [0, 0.1) is 0 Å². The van der Waals surface area contributed by atoms with Gasteiger partial charge in [-0.05, 0) is 19.1 Å². The molecule has 0 amide bonds. The number of hydrogen-bond acceptors (Lipinski definition) is 3. The molecule has 1 rings (SSSR count). The number of halogens is 5. The van der Waals surface area contributed by atoms with Crippen molar-refractivity contribution < 1.29 is 36.3 Å². The van der Waals surface area contributed by atoms with Crippen molar-refractivity contribution in [1.82, 2.24) is 0 Å². The monoisotopic (exact) mass is 282 g/mol. The third-order valence-corrected chi connectivity index (χ3v) is 2.18. The first-order valence-corrected chi connectivity index (χ1v) is 4.83. The summed E-state index contributed by atoms with van der Waals surface area (Å²) >= 11 is 0. The fourth-order valence-electron chi connectivity index (χ4n) is 1.41. The second kappa shape index (κ2) is 5.33. The number of ketones is 1. The largest absolute Gasteiger partial charge is 0.434 e. The smallest absolute Gasteiger partial charge is 0.419 e. The Balaban J connectivity index is 3.52. The fourth-order valence-corrected chi connectivity index (χ4v) is 1.41. The highest BCUT2D eigenvalue weighted by Crippen LogP contribution is 2.38. The molecule has 0 unspecified atom stereocenters. The van der Waals surface area contributed by atoms with Crippen molar-refractivity contribution in [3.8, 4) is 5.75 Å². The predicted molar refractivity (Wildman–Crippen MR) is 53.5 cm³/mol. The number of benzene rings is 1. The van der Waals surface area contributed by atoms with Gasteiger partial charge in [0.2, 0.25) is 0 Å². The molecular weight excluding hydrogens is 275 g/mol. The lowest BCUT2D eigenvalue weighted by Crippen LogP contribution is -2.14. The van der Waals surface area contributed by atoms with Crippen LogP contribution in [-0.2, 0) is 6.18 Å². The lowest BCUT2D eigenvalue weighted by molar-refractivity contribution is -0.141. The van der Waals surface area contributed by atoms with Gasteiger partial charge in [-0.15, -0.1) is 0 Å². The number of ether oxygens (including phenoxy) is 1. The lowest BCUT2D eigenvalue weighted by Gasteiger charge is -2.15. The molecule has 0 aliphatic rings. The highest BCUT2D eigenvalue weighted by molar-refractivity contribution is 6.02. The minimum absolute atomic E-state index is 0.0398. The van der Waals surface area contributed by atoms with Gasteiger partial charge >= 0.3 is 12.8 Å². The van der Waals surface area contributed by atoms with Gasteiger partial charge in [-0.2, -0.15) is 22.0 Å². The van der Waals surface area contributed by atoms with Crippen LogP contribution >= 0.6 is 0 Å². The molecule has 0 aliphatic carbocycles. The van der Waals surface area contributed by atoms with E-state index in [1.54, 1.807) is 0 Å². The number of carbonyl (C=O) groups is 2. The number of alkyl halides is 5. The zero-order valence-corrected chi connectivity index (χ0v) is 9.42. The summed E-state index contributed by atoms with van der Waals surface area (Å²) in [7, 11) is 0. The zero-order chi connectivity index (χ0) is 14.8. The van der Waals surface area contributed by atoms with Crippen molar-refractivity contribution in [3.63, 3.8) is 0 Å². The van der Waals surface area contributed by atoms with Gasteiger partial charge in [0, 0.05) is 11.1 Å². The van der Waals surface area contributed by atoms with Gasteiger partial charge in [0.25, 0.3) is 0 Å². The normalized spacial score (nSPS) is 11.5. The highest BCUT2D eigenvalue weighted by atomic mass is 19.4. The highest BCUT2D eigenvalue weighted by Gasteiger charge is 2.36. The fraction of sp³-hybridized carbons (Fsp3) is 0.273. The molecule has 0 spiro atoms. The van der Waals surface area contributed by atoms with E-state index < -0.39 is 41.0 Å². The van der Waals surface area contributed by atoms with Crippen molar-refractivity contribution >= 4 is 12.1 Å². The Labute approximate surface area is 104 Å². The second-order valence-electron chi connectivity index (χ2n) is 3.49. The molecule has 104 valence electrons. The SMILES string of the molecule is CC(=O)c1cc(OC(F)F)c(C(F)(F)F)cc1C=O. The molecule has 0 aliphatic heterocycles. The zero-order valence-electron chi connectivity index (χ0n) is 9.42. The maximum absolute atomic E-state index is 12.6. The Morgan fingerprint density at radius 1 is 1.32 bits per heavy atom. The summed E-state index contributed by atoms with van der Waals surface area (Å²) in [6, 6.07) is 0.794. The molecular formula is C11H7F5O3. The van der Waals surface area contributed by atoms with Crippen LogP contribution < -0.4 is 4.74 Å². The van der Waals surface area contributed by atoms with E-state index in [1.165, 1.54) is 0 Å². The summed E-state index contributed by atoms with van der Waals surface area (Å²) in [5, 5.41) is 0. The first kappa shape index (κ1) is 15.1. The van der Waals surface area contributed by atoms with Gasteiger partial charge in [-0.3, -0.25) is 9.59 Å². The van der Waals surface area contributed by atoms with Gasteiger partial charge in [0.1, 0.15) is 5.75 Å². The molecule has 0 heterocycles. The maximum atomic E-state index is 12.6. The first-order valence-electron chi connectivity index (χ1n) is 4.83. The Morgan fingerprint density at radius 2 is 1.89 bits per heavy atom. The molecule has 0 saturated carbocycles. The summed E-state index contributed by atoms with van der Waals surface area (Å²) in [6.45, 7) is -2.50. The average molecular weight is 282 g/mol. The van der Waals surface area contributed by atoms with Crippen LogP contribution in [-0.4, -0.2) is 18.7 Å². The molecule has 0 saturated heterocycles. The van der Waals surface area contributed by atoms with E-state index in [0.717, 1.165) is 6.92 Å². The molecule has 0 N–H and O–H groups in total. The van der Waals surface area contributed by atoms with Crippen molar-refractivity contribution in [3.05, 3.63) is 28.8 Å². The predicted octanol–water partition coefficient (Wildman–Crippen LogP) is 3.32. The van der Waals surface area contributed by atoms with E-state index in [0.29, 0.717) is 12.1 Å². The molecule has 1 aromatic rings. The summed E-state index contributed by atoms with van der Waals surface area (Å²) < 4.78 is 65.7. The maximum Gasteiger partial charge on any atom is 0.419 e. The van der Waals surface area contributed by atoms with Crippen molar-refractivity contribution in [2.75, 3.05) is 0 Å². The van der Waals surface area contributed by atoms with Crippen molar-refractivity contribution in [1.29, 1.82) is 0 Å². The number of hydrogen-bond donors (Lipinski definition) is 0. The van der Waals surface area contributed by atoms with E-state index in [9.17, 15) is 31.5 Å². The third-order valence-electron chi connectivity index (χ3n) is 2.18. The molecule has 3 nitrogen and oxygen atoms in total. The molecule has 0 fully saturated rings. The summed E-state index contributed by atoms with van der Waals surface area (Å²) in [5.74, 6) is -1.94. The van der Waals surface area contributed by atoms with Crippen LogP contribution in [0.1, 0.15) is 33.2 Å². The Kier molecular flexibility index (Phi) is 4.23. The molecule has 19 heavy (non-hydrogen) atoms. The van der Waals surface area contributed by atoms with Gasteiger partial charge in [-0.25, -0.2) is 0 Å². The summed E-state index contributed by atoms with van der Waals surface area (Å²) in [5.41, 5.74) is -2.50. The van der Waals surface area contributed by atoms with E-state index in [1.807, 2.05) is 0 Å². The van der Waals surface area contributed by atoms with Crippen LogP contribution in [0.15, 0.2) is 12.1 Å². The molecule has 0 bridgehead atoms.